The molecule has 4 heteroatoms. The predicted molar refractivity (Wildman–Crippen MR) is 48.7 cm³/mol. The lowest BCUT2D eigenvalue weighted by atomic mass is 10.2. The molecule has 1 aliphatic rings. The molecule has 4 nitrogen and oxygen atoms in total. The molecule has 0 bridgehead atoms. The van der Waals surface area contributed by atoms with Crippen LogP contribution in [0.4, 0.5) is 0 Å². The summed E-state index contributed by atoms with van der Waals surface area (Å²) in [6.07, 6.45) is 3.58. The van der Waals surface area contributed by atoms with E-state index in [1.54, 1.807) is 0 Å². The van der Waals surface area contributed by atoms with Crippen molar-refractivity contribution in [3.63, 3.8) is 0 Å². The standard InChI is InChI=1S/C9H17NO3/c11-9(12)4-7-13-6-3-8-2-1-5-10-8/h8,10H,1-7H2,(H,11,12). The summed E-state index contributed by atoms with van der Waals surface area (Å²) in [5.74, 6) is -0.793. The highest BCUT2D eigenvalue weighted by Gasteiger charge is 2.12. The first-order valence-electron chi connectivity index (χ1n) is 4.82. The van der Waals surface area contributed by atoms with Crippen LogP contribution in [0.3, 0.4) is 0 Å². The Morgan fingerprint density at radius 1 is 1.54 bits per heavy atom. The van der Waals surface area contributed by atoms with Crippen molar-refractivity contribution < 1.29 is 14.6 Å². The summed E-state index contributed by atoms with van der Waals surface area (Å²) in [4.78, 5) is 10.1. The Balaban J connectivity index is 1.86. The molecule has 0 aromatic rings. The molecule has 1 unspecified atom stereocenters. The second kappa shape index (κ2) is 5.94. The number of hydrogen-bond acceptors (Lipinski definition) is 3. The third-order valence-corrected chi connectivity index (χ3v) is 2.23. The van der Waals surface area contributed by atoms with Gasteiger partial charge in [0.1, 0.15) is 0 Å². The molecule has 2 N–H and O–H groups in total. The molecule has 0 saturated carbocycles. The van der Waals surface area contributed by atoms with Gasteiger partial charge < -0.3 is 15.2 Å². The molecule has 0 aliphatic carbocycles. The SMILES string of the molecule is O=C(O)CCOCCC1CCCN1. The fourth-order valence-corrected chi connectivity index (χ4v) is 1.49. The average molecular weight is 187 g/mol. The number of rotatable bonds is 6. The van der Waals surface area contributed by atoms with E-state index >= 15 is 0 Å². The molecule has 0 aromatic heterocycles. The number of nitrogens with one attached hydrogen (secondary N) is 1. The lowest BCUT2D eigenvalue weighted by molar-refractivity contribution is -0.138. The van der Waals surface area contributed by atoms with Gasteiger partial charge in [0.25, 0.3) is 0 Å². The van der Waals surface area contributed by atoms with Gasteiger partial charge in [0, 0.05) is 12.6 Å². The van der Waals surface area contributed by atoms with Gasteiger partial charge in [-0.1, -0.05) is 0 Å². The van der Waals surface area contributed by atoms with Crippen LogP contribution < -0.4 is 5.32 Å². The number of hydrogen-bond donors (Lipinski definition) is 2. The molecule has 0 amide bonds. The summed E-state index contributed by atoms with van der Waals surface area (Å²) in [6.45, 7) is 2.12. The van der Waals surface area contributed by atoms with Crippen molar-refractivity contribution in [3.05, 3.63) is 0 Å². The van der Waals surface area contributed by atoms with E-state index in [0.29, 0.717) is 19.3 Å². The number of carbonyl (C=O) groups is 1. The van der Waals surface area contributed by atoms with Crippen LogP contribution in [0.5, 0.6) is 0 Å². The largest absolute Gasteiger partial charge is 0.481 e. The number of aliphatic carboxylic acids is 1. The van der Waals surface area contributed by atoms with Gasteiger partial charge in [-0.15, -0.1) is 0 Å². The molecule has 1 aliphatic heterocycles. The van der Waals surface area contributed by atoms with Gasteiger partial charge in [0.15, 0.2) is 0 Å². The second-order valence-corrected chi connectivity index (χ2v) is 3.34. The molecule has 0 spiro atoms. The van der Waals surface area contributed by atoms with E-state index in [1.165, 1.54) is 12.8 Å². The summed E-state index contributed by atoms with van der Waals surface area (Å²) >= 11 is 0. The summed E-state index contributed by atoms with van der Waals surface area (Å²) in [6, 6.07) is 0.588. The van der Waals surface area contributed by atoms with Crippen molar-refractivity contribution in [3.8, 4) is 0 Å². The Labute approximate surface area is 78.3 Å². The first-order valence-corrected chi connectivity index (χ1v) is 4.82. The van der Waals surface area contributed by atoms with Gasteiger partial charge in [0.05, 0.1) is 13.0 Å². The van der Waals surface area contributed by atoms with Crippen molar-refractivity contribution in [2.45, 2.75) is 31.7 Å². The molecule has 76 valence electrons. The molecule has 1 saturated heterocycles. The van der Waals surface area contributed by atoms with Gasteiger partial charge in [0.2, 0.25) is 0 Å². The predicted octanol–water partition coefficient (Wildman–Crippen LogP) is 0.620. The van der Waals surface area contributed by atoms with E-state index in [-0.39, 0.29) is 6.42 Å². The van der Waals surface area contributed by atoms with E-state index in [9.17, 15) is 4.79 Å². The summed E-state index contributed by atoms with van der Waals surface area (Å²) in [7, 11) is 0. The Morgan fingerprint density at radius 2 is 2.38 bits per heavy atom. The topological polar surface area (TPSA) is 58.6 Å². The van der Waals surface area contributed by atoms with Crippen LogP contribution in [-0.2, 0) is 9.53 Å². The zero-order valence-corrected chi connectivity index (χ0v) is 7.79. The smallest absolute Gasteiger partial charge is 0.305 e. The highest BCUT2D eigenvalue weighted by Crippen LogP contribution is 2.08. The highest BCUT2D eigenvalue weighted by atomic mass is 16.5. The fourth-order valence-electron chi connectivity index (χ4n) is 1.49. The monoisotopic (exact) mass is 187 g/mol. The molecule has 13 heavy (non-hydrogen) atoms. The van der Waals surface area contributed by atoms with Gasteiger partial charge in [-0.25, -0.2) is 0 Å². The quantitative estimate of drug-likeness (QED) is 0.598. The lowest BCUT2D eigenvalue weighted by Gasteiger charge is -2.09. The van der Waals surface area contributed by atoms with E-state index < -0.39 is 5.97 Å². The van der Waals surface area contributed by atoms with E-state index in [2.05, 4.69) is 5.32 Å². The number of carboxylic acids is 1. The number of carboxylic acid groups (broad SMARTS) is 1. The highest BCUT2D eigenvalue weighted by molar-refractivity contribution is 5.66. The van der Waals surface area contributed by atoms with Crippen LogP contribution >= 0.6 is 0 Å². The van der Waals surface area contributed by atoms with E-state index in [0.717, 1.165) is 13.0 Å². The summed E-state index contributed by atoms with van der Waals surface area (Å²) < 4.78 is 5.19. The van der Waals surface area contributed by atoms with Crippen molar-refractivity contribution in [1.82, 2.24) is 5.32 Å². The molecular formula is C9H17NO3. The molecule has 1 rings (SSSR count). The number of ether oxygens (including phenoxy) is 1. The molecule has 1 heterocycles. The molecule has 1 fully saturated rings. The van der Waals surface area contributed by atoms with Crippen LogP contribution in [0.1, 0.15) is 25.7 Å². The first-order chi connectivity index (χ1) is 6.29. The minimum absolute atomic E-state index is 0.109. The minimum atomic E-state index is -0.793. The minimum Gasteiger partial charge on any atom is -0.481 e. The molecular weight excluding hydrogens is 170 g/mol. The van der Waals surface area contributed by atoms with Crippen LogP contribution in [0.25, 0.3) is 0 Å². The Bertz CT molecular complexity index is 155. The lowest BCUT2D eigenvalue weighted by Crippen LogP contribution is -2.23. The van der Waals surface area contributed by atoms with Crippen LogP contribution in [0.15, 0.2) is 0 Å². The third-order valence-electron chi connectivity index (χ3n) is 2.23. The molecule has 0 radical (unpaired) electrons. The van der Waals surface area contributed by atoms with Crippen LogP contribution in [-0.4, -0.2) is 36.9 Å². The average Bonchev–Trinajstić information content (AvgIpc) is 2.55. The summed E-state index contributed by atoms with van der Waals surface area (Å²) in [5.41, 5.74) is 0. The third kappa shape index (κ3) is 4.85. The van der Waals surface area contributed by atoms with E-state index in [4.69, 9.17) is 9.84 Å². The zero-order chi connectivity index (χ0) is 9.52. The maximum Gasteiger partial charge on any atom is 0.305 e. The Kier molecular flexibility index (Phi) is 4.78. The normalized spacial score (nSPS) is 22.0. The van der Waals surface area contributed by atoms with Gasteiger partial charge in [-0.05, 0) is 25.8 Å². The first kappa shape index (κ1) is 10.5. The maximum atomic E-state index is 10.1. The van der Waals surface area contributed by atoms with Crippen LogP contribution in [0.2, 0.25) is 0 Å². The van der Waals surface area contributed by atoms with Crippen molar-refractivity contribution in [2.75, 3.05) is 19.8 Å². The van der Waals surface area contributed by atoms with E-state index in [1.807, 2.05) is 0 Å². The molecule has 1 atom stereocenters. The summed E-state index contributed by atoms with van der Waals surface area (Å²) in [5, 5.41) is 11.7. The van der Waals surface area contributed by atoms with Gasteiger partial charge in [-0.2, -0.15) is 0 Å². The Morgan fingerprint density at radius 3 is 3.00 bits per heavy atom. The van der Waals surface area contributed by atoms with Crippen molar-refractivity contribution >= 4 is 5.97 Å². The fraction of sp³-hybridized carbons (Fsp3) is 0.889. The van der Waals surface area contributed by atoms with Crippen LogP contribution in [0, 0.1) is 0 Å². The molecule has 0 aromatic carbocycles. The maximum absolute atomic E-state index is 10.1. The van der Waals surface area contributed by atoms with Crippen molar-refractivity contribution in [2.24, 2.45) is 0 Å². The van der Waals surface area contributed by atoms with Crippen molar-refractivity contribution in [1.29, 1.82) is 0 Å². The zero-order valence-electron chi connectivity index (χ0n) is 7.79. The second-order valence-electron chi connectivity index (χ2n) is 3.34. The Hall–Kier alpha value is -0.610. The van der Waals surface area contributed by atoms with Gasteiger partial charge in [-0.3, -0.25) is 4.79 Å². The van der Waals surface area contributed by atoms with Gasteiger partial charge >= 0.3 is 5.97 Å².